The van der Waals surface area contributed by atoms with E-state index in [0.29, 0.717) is 0 Å². The van der Waals surface area contributed by atoms with Crippen LogP contribution in [-0.2, 0) is 15.1 Å². The number of nitrogens with one attached hydrogen (secondary N) is 1. The van der Waals surface area contributed by atoms with Gasteiger partial charge in [-0.15, -0.1) is 0 Å². The van der Waals surface area contributed by atoms with Crippen molar-refractivity contribution in [1.82, 2.24) is 5.32 Å². The maximum atomic E-state index is 12.4. The van der Waals surface area contributed by atoms with Gasteiger partial charge in [0.15, 0.2) is 0 Å². The molecule has 0 spiro atoms. The van der Waals surface area contributed by atoms with E-state index in [1.165, 1.54) is 19.1 Å². The Hall–Kier alpha value is -1.27. The largest absolute Gasteiger partial charge is 0.464 e. The van der Waals surface area contributed by atoms with Crippen LogP contribution in [0, 0.1) is 0 Å². The molecular weight excluding hydrogens is 295 g/mol. The van der Waals surface area contributed by atoms with Crippen LogP contribution >= 0.6 is 11.6 Å². The zero-order valence-electron chi connectivity index (χ0n) is 11.1. The van der Waals surface area contributed by atoms with Crippen molar-refractivity contribution in [1.29, 1.82) is 0 Å². The average molecular weight is 310 g/mol. The quantitative estimate of drug-likeness (QED) is 0.848. The molecule has 7 heteroatoms. The van der Waals surface area contributed by atoms with Crippen LogP contribution < -0.4 is 5.32 Å². The molecule has 0 bridgehead atoms. The molecule has 0 amide bonds. The lowest BCUT2D eigenvalue weighted by Gasteiger charge is -2.30. The van der Waals surface area contributed by atoms with Crippen LogP contribution in [0.1, 0.15) is 19.4 Å². The van der Waals surface area contributed by atoms with Crippen molar-refractivity contribution < 1.29 is 22.7 Å². The molecule has 1 rings (SSSR count). The molecule has 1 N–H and O–H groups in total. The number of benzene rings is 1. The molecule has 3 nitrogen and oxygen atoms in total. The number of rotatable bonds is 5. The van der Waals surface area contributed by atoms with Crippen LogP contribution in [0.25, 0.3) is 0 Å². The number of carbonyl (C=O) groups is 1. The van der Waals surface area contributed by atoms with Gasteiger partial charge in [-0.25, -0.2) is 4.79 Å². The van der Waals surface area contributed by atoms with Gasteiger partial charge in [0.25, 0.3) is 0 Å². The van der Waals surface area contributed by atoms with Gasteiger partial charge in [-0.2, -0.15) is 13.2 Å². The Bertz CT molecular complexity index is 479. The molecule has 1 aromatic rings. The van der Waals surface area contributed by atoms with E-state index in [9.17, 15) is 18.0 Å². The van der Waals surface area contributed by atoms with E-state index in [-0.39, 0.29) is 17.2 Å². The molecule has 0 aromatic heterocycles. The molecule has 20 heavy (non-hydrogen) atoms. The second-order valence-electron chi connectivity index (χ2n) is 4.29. The first-order valence-corrected chi connectivity index (χ1v) is 6.32. The van der Waals surface area contributed by atoms with Crippen molar-refractivity contribution in [3.8, 4) is 0 Å². The number of alkyl halides is 3. The van der Waals surface area contributed by atoms with Gasteiger partial charge in [-0.1, -0.05) is 29.8 Å². The summed E-state index contributed by atoms with van der Waals surface area (Å²) < 4.78 is 42.1. The normalized spacial score (nSPS) is 14.7. The lowest BCUT2D eigenvalue weighted by Crippen LogP contribution is -2.51. The SMILES string of the molecule is CCOC(=O)C(C)(NCC(F)(F)F)c1ccccc1Cl. The lowest BCUT2D eigenvalue weighted by atomic mass is 9.91. The first-order chi connectivity index (χ1) is 9.20. The molecular formula is C13H15ClF3NO2. The number of hydrogen-bond donors (Lipinski definition) is 1. The highest BCUT2D eigenvalue weighted by Crippen LogP contribution is 2.30. The molecule has 0 heterocycles. The maximum Gasteiger partial charge on any atom is 0.401 e. The topological polar surface area (TPSA) is 38.3 Å². The van der Waals surface area contributed by atoms with Crippen molar-refractivity contribution in [3.63, 3.8) is 0 Å². The van der Waals surface area contributed by atoms with Crippen molar-refractivity contribution >= 4 is 17.6 Å². The van der Waals surface area contributed by atoms with Crippen LogP contribution in [0.15, 0.2) is 24.3 Å². The minimum atomic E-state index is -4.45. The monoisotopic (exact) mass is 309 g/mol. The summed E-state index contributed by atoms with van der Waals surface area (Å²) in [5.41, 5.74) is -1.42. The third-order valence-electron chi connectivity index (χ3n) is 2.74. The van der Waals surface area contributed by atoms with Gasteiger partial charge in [0.1, 0.15) is 5.54 Å². The Morgan fingerprint density at radius 3 is 2.45 bits per heavy atom. The highest BCUT2D eigenvalue weighted by atomic mass is 35.5. The molecule has 0 aliphatic carbocycles. The van der Waals surface area contributed by atoms with E-state index in [1.54, 1.807) is 19.1 Å². The summed E-state index contributed by atoms with van der Waals surface area (Å²) in [7, 11) is 0. The van der Waals surface area contributed by atoms with Crippen LogP contribution in [0.4, 0.5) is 13.2 Å². The van der Waals surface area contributed by atoms with Gasteiger partial charge in [-0.05, 0) is 19.9 Å². The molecule has 0 aliphatic heterocycles. The van der Waals surface area contributed by atoms with Crippen LogP contribution in [-0.4, -0.2) is 25.3 Å². The van der Waals surface area contributed by atoms with E-state index in [1.807, 2.05) is 0 Å². The maximum absolute atomic E-state index is 12.4. The summed E-state index contributed by atoms with van der Waals surface area (Å²) in [6, 6.07) is 6.21. The predicted octanol–water partition coefficient (Wildman–Crippen LogP) is 3.27. The molecule has 0 saturated heterocycles. The highest BCUT2D eigenvalue weighted by Gasteiger charge is 2.41. The standard InChI is InChI=1S/C13H15ClF3NO2/c1-3-20-11(19)12(2,18-8-13(15,16)17)9-6-4-5-7-10(9)14/h4-7,18H,3,8H2,1-2H3. The zero-order chi connectivity index (χ0) is 15.4. The van der Waals surface area contributed by atoms with E-state index >= 15 is 0 Å². The number of carbonyl (C=O) groups excluding carboxylic acids is 1. The highest BCUT2D eigenvalue weighted by molar-refractivity contribution is 6.31. The molecule has 1 aromatic carbocycles. The van der Waals surface area contributed by atoms with Gasteiger partial charge in [0.2, 0.25) is 0 Å². The summed E-state index contributed by atoms with van der Waals surface area (Å²) >= 11 is 5.97. The minimum absolute atomic E-state index is 0.0621. The number of ether oxygens (including phenoxy) is 1. The van der Waals surface area contributed by atoms with Crippen molar-refractivity contribution in [2.24, 2.45) is 0 Å². The Kier molecular flexibility index (Phi) is 5.42. The summed E-state index contributed by atoms with van der Waals surface area (Å²) in [6.45, 7) is 1.63. The summed E-state index contributed by atoms with van der Waals surface area (Å²) in [4.78, 5) is 12.0. The van der Waals surface area contributed by atoms with E-state index in [2.05, 4.69) is 5.32 Å². The molecule has 0 aliphatic rings. The van der Waals surface area contributed by atoms with Crippen molar-refractivity contribution in [3.05, 3.63) is 34.9 Å². The third kappa shape index (κ3) is 4.11. The lowest BCUT2D eigenvalue weighted by molar-refractivity contribution is -0.155. The smallest absolute Gasteiger partial charge is 0.401 e. The van der Waals surface area contributed by atoms with E-state index in [4.69, 9.17) is 16.3 Å². The zero-order valence-corrected chi connectivity index (χ0v) is 11.8. The number of hydrogen-bond acceptors (Lipinski definition) is 3. The van der Waals surface area contributed by atoms with Crippen molar-refractivity contribution in [2.45, 2.75) is 25.6 Å². The minimum Gasteiger partial charge on any atom is -0.464 e. The van der Waals surface area contributed by atoms with E-state index in [0.717, 1.165) is 0 Å². The summed E-state index contributed by atoms with van der Waals surface area (Å²) in [6.07, 6.45) is -4.45. The second-order valence-corrected chi connectivity index (χ2v) is 4.70. The summed E-state index contributed by atoms with van der Waals surface area (Å²) in [5.74, 6) is -0.808. The molecule has 1 atom stereocenters. The van der Waals surface area contributed by atoms with Gasteiger partial charge in [-0.3, -0.25) is 5.32 Å². The Morgan fingerprint density at radius 2 is 1.95 bits per heavy atom. The third-order valence-corrected chi connectivity index (χ3v) is 3.07. The van der Waals surface area contributed by atoms with Crippen LogP contribution in [0.5, 0.6) is 0 Å². The second kappa shape index (κ2) is 6.45. The molecule has 0 radical (unpaired) electrons. The molecule has 0 saturated carbocycles. The Labute approximate surface area is 120 Å². The predicted molar refractivity (Wildman–Crippen MR) is 69.5 cm³/mol. The fourth-order valence-electron chi connectivity index (χ4n) is 1.70. The fraction of sp³-hybridized carbons (Fsp3) is 0.462. The molecule has 0 fully saturated rings. The van der Waals surface area contributed by atoms with Crippen LogP contribution in [0.3, 0.4) is 0 Å². The fourth-order valence-corrected chi connectivity index (χ4v) is 2.02. The molecule has 112 valence electrons. The van der Waals surface area contributed by atoms with E-state index < -0.39 is 24.2 Å². The average Bonchev–Trinajstić information content (AvgIpc) is 2.36. The van der Waals surface area contributed by atoms with Crippen LogP contribution in [0.2, 0.25) is 5.02 Å². The van der Waals surface area contributed by atoms with Gasteiger partial charge in [0, 0.05) is 10.6 Å². The first-order valence-electron chi connectivity index (χ1n) is 5.94. The first kappa shape index (κ1) is 16.8. The molecule has 1 unspecified atom stereocenters. The van der Waals surface area contributed by atoms with Gasteiger partial charge in [0.05, 0.1) is 13.2 Å². The Balaban J connectivity index is 3.14. The Morgan fingerprint density at radius 1 is 1.35 bits per heavy atom. The number of halogens is 4. The summed E-state index contributed by atoms with van der Waals surface area (Å²) in [5, 5.41) is 2.39. The van der Waals surface area contributed by atoms with Gasteiger partial charge < -0.3 is 4.74 Å². The number of esters is 1. The van der Waals surface area contributed by atoms with Crippen molar-refractivity contribution in [2.75, 3.05) is 13.2 Å². The van der Waals surface area contributed by atoms with Gasteiger partial charge >= 0.3 is 12.1 Å².